The summed E-state index contributed by atoms with van der Waals surface area (Å²) in [5.41, 5.74) is -1.86. The van der Waals surface area contributed by atoms with Gasteiger partial charge < -0.3 is 24.1 Å². The minimum Gasteiger partial charge on any atom is -0.453 e. The molecular weight excluding hydrogens is 641 g/mol. The van der Waals surface area contributed by atoms with Gasteiger partial charge >= 0.3 is 5.97 Å². The Morgan fingerprint density at radius 3 is 1.98 bits per heavy atom. The van der Waals surface area contributed by atoms with Crippen LogP contribution in [0.25, 0.3) is 0 Å². The van der Waals surface area contributed by atoms with E-state index in [1.165, 1.54) is 10.4 Å². The van der Waals surface area contributed by atoms with Crippen molar-refractivity contribution in [1.82, 2.24) is 0 Å². The largest absolute Gasteiger partial charge is 0.453 e. The van der Waals surface area contributed by atoms with Gasteiger partial charge in [-0.25, -0.2) is 4.79 Å². The number of aliphatic hydroxyl groups is 2. The molecule has 0 amide bonds. The summed E-state index contributed by atoms with van der Waals surface area (Å²) in [6.45, 7) is 15.8. The molecule has 0 radical (unpaired) electrons. The first-order valence-corrected chi connectivity index (χ1v) is 20.7. The standard InChI is InChI=1S/C43H58O6Si/c1-29(2)34-24-23-31(28-47-50(41(3,4)5,32-19-13-9-14-20-32)33-21-15-10-16-22-33)37-35-27-42(6,46)36(44)25-26-43(7,39(48-35)38(34)37)49-40(45)30-17-11-8-12-18-30/h8-22,29,31,34-39,44,46H,23-28H2,1-7H3/t31-,34+,35+,36-,37+,38+,39+,42+,43+/m0/s1. The van der Waals surface area contributed by atoms with E-state index in [0.29, 0.717) is 43.3 Å². The topological polar surface area (TPSA) is 85.2 Å². The number of carbonyl (C=O) groups is 1. The molecule has 6 nitrogen and oxygen atoms in total. The highest BCUT2D eigenvalue weighted by Gasteiger charge is 2.62. The summed E-state index contributed by atoms with van der Waals surface area (Å²) in [5.74, 6) is 0.679. The van der Waals surface area contributed by atoms with Crippen molar-refractivity contribution in [2.75, 3.05) is 6.61 Å². The smallest absolute Gasteiger partial charge is 0.338 e. The van der Waals surface area contributed by atoms with Gasteiger partial charge in [0.05, 0.1) is 23.4 Å². The van der Waals surface area contributed by atoms with E-state index in [1.807, 2.05) is 25.1 Å². The van der Waals surface area contributed by atoms with Crippen molar-refractivity contribution in [2.45, 2.75) is 115 Å². The molecule has 7 heteroatoms. The first-order valence-electron chi connectivity index (χ1n) is 18.8. The highest BCUT2D eigenvalue weighted by atomic mass is 28.4. The Bertz CT molecular complexity index is 1530. The van der Waals surface area contributed by atoms with Crippen LogP contribution in [-0.4, -0.2) is 60.6 Å². The van der Waals surface area contributed by atoms with Gasteiger partial charge in [0.2, 0.25) is 0 Å². The zero-order valence-corrected chi connectivity index (χ0v) is 32.0. The molecular formula is C43H58O6Si. The predicted molar refractivity (Wildman–Crippen MR) is 201 cm³/mol. The second kappa shape index (κ2) is 14.3. The second-order valence-electron chi connectivity index (χ2n) is 17.2. The highest BCUT2D eigenvalue weighted by molar-refractivity contribution is 6.99. The third-order valence-electron chi connectivity index (χ3n) is 12.4. The molecule has 9 atom stereocenters. The summed E-state index contributed by atoms with van der Waals surface area (Å²) in [6.07, 6.45) is 1.35. The molecule has 0 spiro atoms. The number of carbonyl (C=O) groups excluding carboxylic acids is 1. The molecule has 2 saturated heterocycles. The second-order valence-corrected chi connectivity index (χ2v) is 21.5. The Morgan fingerprint density at radius 1 is 0.880 bits per heavy atom. The molecule has 270 valence electrons. The van der Waals surface area contributed by atoms with Crippen molar-refractivity contribution in [2.24, 2.45) is 29.6 Å². The van der Waals surface area contributed by atoms with Gasteiger partial charge in [0.1, 0.15) is 11.7 Å². The molecule has 6 rings (SSSR count). The molecule has 2 aliphatic heterocycles. The lowest BCUT2D eigenvalue weighted by Gasteiger charge is -2.49. The summed E-state index contributed by atoms with van der Waals surface area (Å²) >= 11 is 0. The van der Waals surface area contributed by atoms with Crippen LogP contribution in [0.3, 0.4) is 0 Å². The summed E-state index contributed by atoms with van der Waals surface area (Å²) < 4.78 is 21.2. The fraction of sp³-hybridized carbons (Fsp3) is 0.558. The molecule has 1 saturated carbocycles. The Kier molecular flexibility index (Phi) is 10.6. The quantitative estimate of drug-likeness (QED) is 0.192. The van der Waals surface area contributed by atoms with Gasteiger partial charge in [0.15, 0.2) is 0 Å². The molecule has 1 aliphatic carbocycles. The summed E-state index contributed by atoms with van der Waals surface area (Å²) in [6, 6.07) is 30.7. The van der Waals surface area contributed by atoms with Gasteiger partial charge in [-0.05, 0) is 96.7 Å². The number of esters is 1. The molecule has 3 aromatic carbocycles. The van der Waals surface area contributed by atoms with Crippen LogP contribution in [0.2, 0.25) is 5.04 Å². The van der Waals surface area contributed by atoms with E-state index in [0.717, 1.165) is 12.8 Å². The molecule has 3 aliphatic rings. The van der Waals surface area contributed by atoms with E-state index in [-0.39, 0.29) is 41.0 Å². The van der Waals surface area contributed by atoms with E-state index in [9.17, 15) is 15.0 Å². The van der Waals surface area contributed by atoms with E-state index >= 15 is 0 Å². The van der Waals surface area contributed by atoms with E-state index in [1.54, 1.807) is 19.1 Å². The molecule has 2 bridgehead atoms. The predicted octanol–water partition coefficient (Wildman–Crippen LogP) is 7.16. The van der Waals surface area contributed by atoms with Crippen LogP contribution < -0.4 is 10.4 Å². The van der Waals surface area contributed by atoms with Crippen molar-refractivity contribution in [3.05, 3.63) is 96.6 Å². The van der Waals surface area contributed by atoms with Crippen LogP contribution in [-0.2, 0) is 13.9 Å². The number of benzene rings is 3. The number of aliphatic hydroxyl groups excluding tert-OH is 1. The van der Waals surface area contributed by atoms with Gasteiger partial charge in [-0.15, -0.1) is 0 Å². The van der Waals surface area contributed by atoms with Crippen LogP contribution >= 0.6 is 0 Å². The van der Waals surface area contributed by atoms with Crippen molar-refractivity contribution in [3.8, 4) is 0 Å². The van der Waals surface area contributed by atoms with Gasteiger partial charge in [-0.2, -0.15) is 0 Å². The molecule has 3 aromatic rings. The number of ether oxygens (including phenoxy) is 2. The van der Waals surface area contributed by atoms with Crippen molar-refractivity contribution in [3.63, 3.8) is 0 Å². The van der Waals surface area contributed by atoms with Gasteiger partial charge in [-0.1, -0.05) is 113 Å². The number of rotatable bonds is 8. The molecule has 3 fully saturated rings. The summed E-state index contributed by atoms with van der Waals surface area (Å²) in [4.78, 5) is 13.7. The van der Waals surface area contributed by atoms with E-state index < -0.39 is 25.6 Å². The Morgan fingerprint density at radius 2 is 1.44 bits per heavy atom. The monoisotopic (exact) mass is 698 g/mol. The molecule has 2 heterocycles. The van der Waals surface area contributed by atoms with Gasteiger partial charge in [0, 0.05) is 13.0 Å². The number of fused-ring (bicyclic) bond motifs is 5. The summed E-state index contributed by atoms with van der Waals surface area (Å²) in [7, 11) is -2.80. The molecule has 0 unspecified atom stereocenters. The average molecular weight is 699 g/mol. The normalized spacial score (nSPS) is 33.2. The van der Waals surface area contributed by atoms with E-state index in [4.69, 9.17) is 13.9 Å². The summed E-state index contributed by atoms with van der Waals surface area (Å²) in [5, 5.41) is 25.5. The van der Waals surface area contributed by atoms with Crippen LogP contribution in [0.15, 0.2) is 91.0 Å². The molecule has 2 N–H and O–H groups in total. The first-order chi connectivity index (χ1) is 23.7. The van der Waals surface area contributed by atoms with Crippen molar-refractivity contribution >= 4 is 24.7 Å². The minimum atomic E-state index is -2.80. The Hall–Kier alpha value is -2.81. The fourth-order valence-corrected chi connectivity index (χ4v) is 14.4. The Balaban J connectivity index is 1.41. The third kappa shape index (κ3) is 6.89. The van der Waals surface area contributed by atoms with Crippen LogP contribution in [0, 0.1) is 29.6 Å². The first kappa shape index (κ1) is 37.0. The zero-order chi connectivity index (χ0) is 35.9. The van der Waals surface area contributed by atoms with Gasteiger partial charge in [-0.3, -0.25) is 0 Å². The zero-order valence-electron chi connectivity index (χ0n) is 31.0. The maximum Gasteiger partial charge on any atom is 0.338 e. The Labute approximate surface area is 300 Å². The van der Waals surface area contributed by atoms with Gasteiger partial charge in [0.25, 0.3) is 8.32 Å². The van der Waals surface area contributed by atoms with Crippen LogP contribution in [0.1, 0.15) is 90.9 Å². The molecule has 0 aromatic heterocycles. The average Bonchev–Trinajstić information content (AvgIpc) is 3.48. The fourth-order valence-electron chi connectivity index (χ4n) is 9.81. The maximum atomic E-state index is 13.7. The number of hydrogen-bond donors (Lipinski definition) is 2. The SMILES string of the molecule is CC(C)[C@H]1CC[C@@H](CO[Si](c2ccccc2)(c2ccccc2)C(C)(C)C)[C@H]2[C@@H]1[C@H]1O[C@@H]2C[C@@](C)(O)[C@@H](O)CC[C@@]1(C)OC(=O)c1ccccc1. The number of hydrogen-bond acceptors (Lipinski definition) is 6. The van der Waals surface area contributed by atoms with Crippen LogP contribution in [0.5, 0.6) is 0 Å². The lowest BCUT2D eigenvalue weighted by atomic mass is 9.58. The van der Waals surface area contributed by atoms with E-state index in [2.05, 4.69) is 95.3 Å². The van der Waals surface area contributed by atoms with Crippen molar-refractivity contribution < 1.29 is 28.9 Å². The minimum absolute atomic E-state index is 0.0610. The molecule has 50 heavy (non-hydrogen) atoms. The lowest BCUT2D eigenvalue weighted by Crippen LogP contribution is -2.67. The van der Waals surface area contributed by atoms with Crippen molar-refractivity contribution in [1.29, 1.82) is 0 Å². The maximum absolute atomic E-state index is 13.7. The van der Waals surface area contributed by atoms with Crippen LogP contribution in [0.4, 0.5) is 0 Å². The highest BCUT2D eigenvalue weighted by Crippen LogP contribution is 2.57. The third-order valence-corrected chi connectivity index (χ3v) is 17.4. The lowest BCUT2D eigenvalue weighted by molar-refractivity contribution is -0.126.